The number of hydrogen-bond acceptors (Lipinski definition) is 8. The summed E-state index contributed by atoms with van der Waals surface area (Å²) in [6, 6.07) is 9.12. The number of hydrogen-bond donors (Lipinski definition) is 0. The maximum atomic E-state index is 12.0. The normalized spacial score (nSPS) is 12.9. The molecule has 22 heavy (non-hydrogen) atoms. The molecule has 0 bridgehead atoms. The number of rotatable bonds is 5. The van der Waals surface area contributed by atoms with Gasteiger partial charge in [-0.05, 0) is 23.2 Å². The van der Waals surface area contributed by atoms with E-state index in [1.807, 2.05) is 0 Å². The number of non-ortho nitro benzene ring substituents is 1. The summed E-state index contributed by atoms with van der Waals surface area (Å²) in [4.78, 5) is 13.6. The molecule has 0 saturated carbocycles. The van der Waals surface area contributed by atoms with Gasteiger partial charge in [0.15, 0.2) is 9.84 Å². The van der Waals surface area contributed by atoms with Crippen LogP contribution >= 0.6 is 0 Å². The SMILES string of the molecule is O=[N+]([O-])c1ccc(S(=O)(=O)C/N=[S-](=O)/c2ccccn2)cc1. The van der Waals surface area contributed by atoms with Crippen LogP contribution in [0.2, 0.25) is 0 Å². The second kappa shape index (κ2) is 6.62. The minimum absolute atomic E-state index is 0.125. The van der Waals surface area contributed by atoms with Crippen molar-refractivity contribution in [2.24, 2.45) is 4.36 Å². The molecule has 0 fully saturated rings. The highest BCUT2D eigenvalue weighted by atomic mass is 32.2. The van der Waals surface area contributed by atoms with Gasteiger partial charge in [-0.3, -0.25) is 15.1 Å². The minimum atomic E-state index is -3.82. The minimum Gasteiger partial charge on any atom is -0.439 e. The van der Waals surface area contributed by atoms with E-state index in [0.29, 0.717) is 0 Å². The molecule has 1 heterocycles. The van der Waals surface area contributed by atoms with Crippen molar-refractivity contribution >= 4 is 26.1 Å². The molecule has 0 atom stereocenters. The molecule has 2 rings (SSSR count). The van der Waals surface area contributed by atoms with Crippen LogP contribution in [0.3, 0.4) is 0 Å². The van der Waals surface area contributed by atoms with Crippen molar-refractivity contribution in [1.29, 1.82) is 0 Å². The number of nitrogens with zero attached hydrogens (tertiary/aromatic N) is 3. The molecule has 0 aliphatic rings. The first kappa shape index (κ1) is 16.0. The first-order valence-electron chi connectivity index (χ1n) is 5.88. The van der Waals surface area contributed by atoms with Gasteiger partial charge in [-0.2, -0.15) is 0 Å². The highest BCUT2D eigenvalue weighted by Gasteiger charge is 2.14. The molecule has 0 unspecified atom stereocenters. The molecule has 0 spiro atoms. The quantitative estimate of drug-likeness (QED) is 0.466. The van der Waals surface area contributed by atoms with E-state index >= 15 is 0 Å². The molecule has 0 aliphatic carbocycles. The molecule has 1 aromatic heterocycles. The Morgan fingerprint density at radius 3 is 2.41 bits per heavy atom. The highest BCUT2D eigenvalue weighted by Crippen LogP contribution is 2.17. The molecule has 1 aromatic carbocycles. The highest BCUT2D eigenvalue weighted by molar-refractivity contribution is 7.91. The first-order valence-corrected chi connectivity index (χ1v) is 8.64. The predicted octanol–water partition coefficient (Wildman–Crippen LogP) is 1.93. The average molecular weight is 340 g/mol. The molecular weight excluding hydrogens is 330 g/mol. The summed E-state index contributed by atoms with van der Waals surface area (Å²) in [7, 11) is -5.70. The van der Waals surface area contributed by atoms with Crippen LogP contribution in [0.4, 0.5) is 5.69 Å². The van der Waals surface area contributed by atoms with Gasteiger partial charge >= 0.3 is 0 Å². The van der Waals surface area contributed by atoms with Crippen LogP contribution in [-0.4, -0.2) is 24.2 Å². The van der Waals surface area contributed by atoms with Crippen LogP contribution in [0.15, 0.2) is 62.9 Å². The zero-order valence-electron chi connectivity index (χ0n) is 11.0. The van der Waals surface area contributed by atoms with Crippen LogP contribution in [-0.2, 0) is 24.6 Å². The fraction of sp³-hybridized carbons (Fsp3) is 0.0833. The lowest BCUT2D eigenvalue weighted by Crippen LogP contribution is -2.05. The van der Waals surface area contributed by atoms with Crippen molar-refractivity contribution in [3.8, 4) is 0 Å². The van der Waals surface area contributed by atoms with E-state index in [9.17, 15) is 22.7 Å². The van der Waals surface area contributed by atoms with Gasteiger partial charge in [-0.25, -0.2) is 8.42 Å². The monoisotopic (exact) mass is 340 g/mol. The summed E-state index contributed by atoms with van der Waals surface area (Å²) in [5.74, 6) is -0.700. The molecule has 0 saturated heterocycles. The van der Waals surface area contributed by atoms with Crippen molar-refractivity contribution in [2.75, 3.05) is 5.88 Å². The van der Waals surface area contributed by atoms with Crippen LogP contribution < -0.4 is 0 Å². The Morgan fingerprint density at radius 2 is 1.86 bits per heavy atom. The van der Waals surface area contributed by atoms with Gasteiger partial charge in [0.2, 0.25) is 0 Å². The number of benzene rings is 1. The summed E-state index contributed by atoms with van der Waals surface area (Å²) in [6.45, 7) is 0. The predicted molar refractivity (Wildman–Crippen MR) is 78.1 cm³/mol. The first-order chi connectivity index (χ1) is 10.4. The van der Waals surface area contributed by atoms with Gasteiger partial charge < -0.3 is 8.57 Å². The van der Waals surface area contributed by atoms with E-state index in [4.69, 9.17) is 0 Å². The third-order valence-electron chi connectivity index (χ3n) is 2.56. The Balaban J connectivity index is 2.21. The van der Waals surface area contributed by atoms with Crippen LogP contribution in [0.5, 0.6) is 0 Å². The van der Waals surface area contributed by atoms with E-state index in [1.54, 1.807) is 12.1 Å². The summed E-state index contributed by atoms with van der Waals surface area (Å²) in [5.41, 5.74) is -0.215. The summed E-state index contributed by atoms with van der Waals surface area (Å²) in [5, 5.41) is 10.7. The number of aromatic nitrogens is 1. The third-order valence-corrected chi connectivity index (χ3v) is 5.15. The van der Waals surface area contributed by atoms with Gasteiger partial charge in [0.25, 0.3) is 5.69 Å². The molecule has 0 aliphatic heterocycles. The van der Waals surface area contributed by atoms with E-state index in [1.165, 1.54) is 12.3 Å². The topological polar surface area (TPSA) is 120 Å². The molecule has 0 N–H and O–H groups in total. The van der Waals surface area contributed by atoms with Crippen LogP contribution in [0.1, 0.15) is 0 Å². The van der Waals surface area contributed by atoms with Gasteiger partial charge in [-0.1, -0.05) is 12.1 Å². The molecule has 0 radical (unpaired) electrons. The van der Waals surface area contributed by atoms with Gasteiger partial charge in [0.05, 0.1) is 9.82 Å². The lowest BCUT2D eigenvalue weighted by Gasteiger charge is -2.06. The van der Waals surface area contributed by atoms with Crippen molar-refractivity contribution in [3.63, 3.8) is 0 Å². The zero-order chi connectivity index (χ0) is 16.2. The van der Waals surface area contributed by atoms with Gasteiger partial charge in [-0.15, -0.1) is 10.6 Å². The largest absolute Gasteiger partial charge is 0.439 e. The Bertz CT molecular complexity index is 857. The molecule has 10 heteroatoms. The lowest BCUT2D eigenvalue weighted by molar-refractivity contribution is -0.384. The van der Waals surface area contributed by atoms with Crippen molar-refractivity contribution in [3.05, 3.63) is 58.8 Å². The van der Waals surface area contributed by atoms with Crippen LogP contribution in [0.25, 0.3) is 0 Å². The van der Waals surface area contributed by atoms with Crippen LogP contribution in [0, 0.1) is 10.1 Å². The number of nitro groups is 1. The maximum Gasteiger partial charge on any atom is 0.269 e. The van der Waals surface area contributed by atoms with E-state index < -0.39 is 31.2 Å². The Hall–Kier alpha value is -2.33. The van der Waals surface area contributed by atoms with Crippen molar-refractivity contribution < 1.29 is 17.6 Å². The summed E-state index contributed by atoms with van der Waals surface area (Å²) in [6.07, 6.45) is 1.42. The molecule has 8 nitrogen and oxygen atoms in total. The zero-order valence-corrected chi connectivity index (χ0v) is 12.7. The van der Waals surface area contributed by atoms with Gasteiger partial charge in [0.1, 0.15) is 5.88 Å². The second-order valence-corrected chi connectivity index (χ2v) is 7.17. The number of nitro benzene ring substituents is 1. The van der Waals surface area contributed by atoms with Crippen molar-refractivity contribution in [2.45, 2.75) is 9.92 Å². The number of pyridine rings is 1. The van der Waals surface area contributed by atoms with Gasteiger partial charge in [0, 0.05) is 18.3 Å². The molecule has 0 amide bonds. The average Bonchev–Trinajstić information content (AvgIpc) is 2.53. The second-order valence-electron chi connectivity index (χ2n) is 4.04. The fourth-order valence-electron chi connectivity index (χ4n) is 1.48. The van der Waals surface area contributed by atoms with E-state index in [-0.39, 0.29) is 15.6 Å². The molecular formula is C12H10N3O5S2-. The smallest absolute Gasteiger partial charge is 0.269 e. The lowest BCUT2D eigenvalue weighted by atomic mass is 10.3. The standard InChI is InChI=1S/C12H10N3O5S2/c16-15(17)10-4-6-11(7-5-10)22(19,20)9-14-21(18)12-3-1-2-8-13-12/h1-8H,9H2/q-1. The Morgan fingerprint density at radius 1 is 1.18 bits per heavy atom. The Kier molecular flexibility index (Phi) is 4.83. The number of sulfone groups is 1. The summed E-state index contributed by atoms with van der Waals surface area (Å²) < 4.78 is 39.4. The van der Waals surface area contributed by atoms with E-state index in [0.717, 1.165) is 24.3 Å². The molecule has 2 aromatic rings. The maximum absolute atomic E-state index is 12.0. The molecule has 116 valence electrons. The van der Waals surface area contributed by atoms with E-state index in [2.05, 4.69) is 9.35 Å². The van der Waals surface area contributed by atoms with Crippen molar-refractivity contribution in [1.82, 2.24) is 4.98 Å². The fourth-order valence-corrected chi connectivity index (χ4v) is 3.60. The Labute approximate surface area is 128 Å². The summed E-state index contributed by atoms with van der Waals surface area (Å²) >= 11 is 0. The third kappa shape index (κ3) is 3.86.